The zero-order valence-electron chi connectivity index (χ0n) is 17.8. The maximum Gasteiger partial charge on any atom is 0.387 e. The van der Waals surface area contributed by atoms with Crippen LogP contribution in [0.5, 0.6) is 5.75 Å². The maximum absolute atomic E-state index is 12.7. The monoisotopic (exact) mass is 444 g/mol. The normalized spacial score (nSPS) is 10.9. The summed E-state index contributed by atoms with van der Waals surface area (Å²) in [5, 5.41) is 15.4. The van der Waals surface area contributed by atoms with Crippen LogP contribution < -0.4 is 4.74 Å². The van der Waals surface area contributed by atoms with Gasteiger partial charge in [-0.1, -0.05) is 24.3 Å². The molecule has 32 heavy (non-hydrogen) atoms. The SMILES string of the molecule is Cc1nn(Cc2ccc(C(=O)N(C)Cc3ccc(OC(F)F)cc3)cc2)c(C)c1[N+](=O)[O-]. The minimum absolute atomic E-state index is 0.00669. The van der Waals surface area contributed by atoms with Crippen LogP contribution in [-0.2, 0) is 13.1 Å². The number of benzene rings is 2. The summed E-state index contributed by atoms with van der Waals surface area (Å²) in [5.74, 6) is -0.146. The Labute approximate surface area is 183 Å². The fourth-order valence-electron chi connectivity index (χ4n) is 3.37. The van der Waals surface area contributed by atoms with E-state index in [0.717, 1.165) is 11.1 Å². The van der Waals surface area contributed by atoms with Gasteiger partial charge in [-0.2, -0.15) is 13.9 Å². The van der Waals surface area contributed by atoms with Crippen LogP contribution in [0.15, 0.2) is 48.5 Å². The van der Waals surface area contributed by atoms with Gasteiger partial charge in [0.1, 0.15) is 17.1 Å². The first-order valence-electron chi connectivity index (χ1n) is 9.72. The molecule has 3 aromatic rings. The first-order chi connectivity index (χ1) is 15.2. The van der Waals surface area contributed by atoms with Crippen LogP contribution >= 0.6 is 0 Å². The van der Waals surface area contributed by atoms with Crippen LogP contribution in [-0.4, -0.2) is 39.2 Å². The highest BCUT2D eigenvalue weighted by atomic mass is 19.3. The molecule has 0 saturated heterocycles. The molecule has 10 heteroatoms. The van der Waals surface area contributed by atoms with E-state index < -0.39 is 11.5 Å². The van der Waals surface area contributed by atoms with Gasteiger partial charge >= 0.3 is 12.3 Å². The van der Waals surface area contributed by atoms with Crippen LogP contribution in [0.1, 0.15) is 32.9 Å². The highest BCUT2D eigenvalue weighted by molar-refractivity contribution is 5.94. The number of aryl methyl sites for hydroxylation is 1. The summed E-state index contributed by atoms with van der Waals surface area (Å²) in [5.41, 5.74) is 2.93. The number of ether oxygens (including phenoxy) is 1. The molecule has 1 heterocycles. The summed E-state index contributed by atoms with van der Waals surface area (Å²) in [6, 6.07) is 13.0. The molecule has 0 aliphatic carbocycles. The van der Waals surface area contributed by atoms with Crippen molar-refractivity contribution >= 4 is 11.6 Å². The topological polar surface area (TPSA) is 90.5 Å². The molecule has 0 N–H and O–H groups in total. The lowest BCUT2D eigenvalue weighted by Gasteiger charge is -2.18. The van der Waals surface area contributed by atoms with Crippen LogP contribution in [0.3, 0.4) is 0 Å². The Kier molecular flexibility index (Phi) is 6.82. The van der Waals surface area contributed by atoms with E-state index in [1.807, 2.05) is 0 Å². The van der Waals surface area contributed by atoms with E-state index in [9.17, 15) is 23.7 Å². The molecule has 168 valence electrons. The summed E-state index contributed by atoms with van der Waals surface area (Å²) >= 11 is 0. The zero-order chi connectivity index (χ0) is 23.4. The Morgan fingerprint density at radius 3 is 2.25 bits per heavy atom. The van der Waals surface area contributed by atoms with E-state index in [0.29, 0.717) is 30.0 Å². The molecular weight excluding hydrogens is 422 g/mol. The highest BCUT2D eigenvalue weighted by Gasteiger charge is 2.21. The minimum Gasteiger partial charge on any atom is -0.435 e. The molecule has 0 atom stereocenters. The number of carbonyl (C=O) groups is 1. The smallest absolute Gasteiger partial charge is 0.387 e. The second-order valence-corrected chi connectivity index (χ2v) is 7.31. The number of carbonyl (C=O) groups excluding carboxylic acids is 1. The molecule has 2 aromatic carbocycles. The fraction of sp³-hybridized carbons (Fsp3) is 0.273. The zero-order valence-corrected chi connectivity index (χ0v) is 17.8. The predicted octanol–water partition coefficient (Wildman–Crippen LogP) is 4.33. The van der Waals surface area contributed by atoms with Gasteiger partial charge in [-0.15, -0.1) is 0 Å². The Hall–Kier alpha value is -3.82. The van der Waals surface area contributed by atoms with E-state index in [2.05, 4.69) is 9.84 Å². The van der Waals surface area contributed by atoms with Crippen LogP contribution in [0, 0.1) is 24.0 Å². The average Bonchev–Trinajstić information content (AvgIpc) is 3.02. The molecule has 0 saturated carbocycles. The molecule has 3 rings (SSSR count). The fourth-order valence-corrected chi connectivity index (χ4v) is 3.37. The number of hydrogen-bond acceptors (Lipinski definition) is 5. The maximum atomic E-state index is 12.7. The Bertz CT molecular complexity index is 1110. The molecular formula is C22H22F2N4O4. The van der Waals surface area contributed by atoms with Crippen LogP contribution in [0.2, 0.25) is 0 Å². The number of alkyl halides is 2. The van der Waals surface area contributed by atoms with Gasteiger partial charge < -0.3 is 9.64 Å². The van der Waals surface area contributed by atoms with Crippen molar-refractivity contribution in [2.45, 2.75) is 33.5 Å². The molecule has 0 aliphatic rings. The van der Waals surface area contributed by atoms with Crippen LogP contribution in [0.25, 0.3) is 0 Å². The van der Waals surface area contributed by atoms with Gasteiger partial charge in [0.2, 0.25) is 0 Å². The second kappa shape index (κ2) is 9.54. The number of halogens is 2. The lowest BCUT2D eigenvalue weighted by atomic mass is 10.1. The van der Waals surface area contributed by atoms with Gasteiger partial charge in [0, 0.05) is 19.2 Å². The van der Waals surface area contributed by atoms with E-state index >= 15 is 0 Å². The summed E-state index contributed by atoms with van der Waals surface area (Å²) in [7, 11) is 1.65. The van der Waals surface area contributed by atoms with Gasteiger partial charge in [-0.3, -0.25) is 19.6 Å². The third kappa shape index (κ3) is 5.26. The van der Waals surface area contributed by atoms with Crippen LogP contribution in [0.4, 0.5) is 14.5 Å². The number of aromatic nitrogens is 2. The van der Waals surface area contributed by atoms with Crippen molar-refractivity contribution in [2.24, 2.45) is 0 Å². The Morgan fingerprint density at radius 1 is 1.12 bits per heavy atom. The largest absolute Gasteiger partial charge is 0.435 e. The van der Waals surface area contributed by atoms with Crippen molar-refractivity contribution < 1.29 is 23.2 Å². The van der Waals surface area contributed by atoms with Crippen molar-refractivity contribution in [3.63, 3.8) is 0 Å². The number of nitrogens with zero attached hydrogens (tertiary/aromatic N) is 4. The van der Waals surface area contributed by atoms with E-state index in [-0.39, 0.29) is 17.3 Å². The minimum atomic E-state index is -2.88. The first-order valence-corrected chi connectivity index (χ1v) is 9.72. The van der Waals surface area contributed by atoms with E-state index in [4.69, 9.17) is 0 Å². The van der Waals surface area contributed by atoms with Crippen molar-refractivity contribution in [3.8, 4) is 5.75 Å². The lowest BCUT2D eigenvalue weighted by Crippen LogP contribution is -2.26. The number of rotatable bonds is 8. The van der Waals surface area contributed by atoms with E-state index in [1.165, 1.54) is 17.0 Å². The van der Waals surface area contributed by atoms with Gasteiger partial charge in [-0.05, 0) is 49.2 Å². The molecule has 0 aliphatic heterocycles. The Balaban J connectivity index is 1.64. The molecule has 0 spiro atoms. The first kappa shape index (κ1) is 22.9. The third-order valence-corrected chi connectivity index (χ3v) is 4.97. The molecule has 1 amide bonds. The summed E-state index contributed by atoms with van der Waals surface area (Å²) in [6.45, 7) is 1.00. The highest BCUT2D eigenvalue weighted by Crippen LogP contribution is 2.23. The number of hydrogen-bond donors (Lipinski definition) is 0. The summed E-state index contributed by atoms with van der Waals surface area (Å²) in [6.07, 6.45) is 0. The van der Waals surface area contributed by atoms with Gasteiger partial charge in [0.15, 0.2) is 0 Å². The van der Waals surface area contributed by atoms with Crippen molar-refractivity contribution in [3.05, 3.63) is 86.7 Å². The molecule has 0 bridgehead atoms. The number of amides is 1. The third-order valence-electron chi connectivity index (χ3n) is 4.97. The van der Waals surface area contributed by atoms with Gasteiger partial charge in [-0.25, -0.2) is 0 Å². The summed E-state index contributed by atoms with van der Waals surface area (Å²) in [4.78, 5) is 25.0. The lowest BCUT2D eigenvalue weighted by molar-refractivity contribution is -0.386. The quantitative estimate of drug-likeness (QED) is 0.381. The molecule has 0 unspecified atom stereocenters. The second-order valence-electron chi connectivity index (χ2n) is 7.31. The summed E-state index contributed by atoms with van der Waals surface area (Å²) < 4.78 is 30.4. The molecule has 1 aromatic heterocycles. The molecule has 0 radical (unpaired) electrons. The van der Waals surface area contributed by atoms with Crippen molar-refractivity contribution in [2.75, 3.05) is 7.05 Å². The molecule has 0 fully saturated rings. The van der Waals surface area contributed by atoms with Crippen molar-refractivity contribution in [1.82, 2.24) is 14.7 Å². The number of nitro groups is 1. The standard InChI is InChI=1S/C22H22F2N4O4/c1-14-20(28(30)31)15(2)27(25-14)13-17-4-8-18(9-5-17)21(29)26(3)12-16-6-10-19(11-7-16)32-22(23)24/h4-11,22H,12-13H2,1-3H3. The van der Waals surface area contributed by atoms with Crippen molar-refractivity contribution in [1.29, 1.82) is 0 Å². The Morgan fingerprint density at radius 2 is 1.72 bits per heavy atom. The average molecular weight is 444 g/mol. The van der Waals surface area contributed by atoms with Gasteiger partial charge in [0.05, 0.1) is 11.5 Å². The van der Waals surface area contributed by atoms with Gasteiger partial charge in [0.25, 0.3) is 5.91 Å². The molecule has 8 nitrogen and oxygen atoms in total. The van der Waals surface area contributed by atoms with E-state index in [1.54, 1.807) is 62.0 Å². The predicted molar refractivity (Wildman–Crippen MR) is 113 cm³/mol.